The van der Waals surface area contributed by atoms with Crippen LogP contribution in [-0.2, 0) is 14.9 Å². The van der Waals surface area contributed by atoms with Crippen molar-refractivity contribution in [2.75, 3.05) is 19.8 Å². The Morgan fingerprint density at radius 3 is 2.57 bits per heavy atom. The van der Waals surface area contributed by atoms with Crippen molar-refractivity contribution in [2.24, 2.45) is 0 Å². The molecule has 6 heteroatoms. The van der Waals surface area contributed by atoms with Gasteiger partial charge in [0.05, 0.1) is 5.41 Å². The van der Waals surface area contributed by atoms with Gasteiger partial charge >= 0.3 is 0 Å². The molecule has 2 aromatic rings. The number of hydrogen-bond donors (Lipinski definition) is 0. The predicted octanol–water partition coefficient (Wildman–Crippen LogP) is 3.16. The molecule has 3 heterocycles. The van der Waals surface area contributed by atoms with Gasteiger partial charge < -0.3 is 14.0 Å². The van der Waals surface area contributed by atoms with Crippen LogP contribution >= 0.6 is 0 Å². The Hall–Kier alpha value is -1.79. The zero-order chi connectivity index (χ0) is 15.7. The lowest BCUT2D eigenvalue weighted by Gasteiger charge is -2.34. The van der Waals surface area contributed by atoms with Crippen molar-refractivity contribution in [3.05, 3.63) is 47.4 Å². The van der Waals surface area contributed by atoms with Crippen molar-refractivity contribution in [1.29, 1.82) is 0 Å². The van der Waals surface area contributed by atoms with E-state index in [-0.39, 0.29) is 11.9 Å². The van der Waals surface area contributed by atoms with Crippen LogP contribution in [-0.4, -0.2) is 30.0 Å². The van der Waals surface area contributed by atoms with Crippen molar-refractivity contribution in [2.45, 2.75) is 37.2 Å². The molecule has 0 bridgehead atoms. The topological polar surface area (TPSA) is 57.4 Å². The average molecular weight is 318 g/mol. The maximum absolute atomic E-state index is 13.3. The minimum atomic E-state index is -0.407. The zero-order valence-electron chi connectivity index (χ0n) is 12.8. The van der Waals surface area contributed by atoms with Crippen LogP contribution in [0.2, 0.25) is 0 Å². The average Bonchev–Trinajstić information content (AvgIpc) is 3.28. The minimum absolute atomic E-state index is 0.0717. The van der Waals surface area contributed by atoms with Crippen molar-refractivity contribution in [3.8, 4) is 0 Å². The van der Waals surface area contributed by atoms with E-state index in [1.807, 2.05) is 0 Å². The summed E-state index contributed by atoms with van der Waals surface area (Å²) >= 11 is 0. The molecule has 4 rings (SSSR count). The Balaban J connectivity index is 1.72. The van der Waals surface area contributed by atoms with Gasteiger partial charge in [0.15, 0.2) is 0 Å². The highest BCUT2D eigenvalue weighted by Crippen LogP contribution is 2.41. The first kappa shape index (κ1) is 14.8. The molecule has 1 aromatic carbocycles. The number of nitrogens with zero attached hydrogens (tertiary/aromatic N) is 2. The van der Waals surface area contributed by atoms with Crippen LogP contribution in [0.4, 0.5) is 4.39 Å². The quantitative estimate of drug-likeness (QED) is 0.870. The first-order chi connectivity index (χ1) is 11.3. The summed E-state index contributed by atoms with van der Waals surface area (Å²) in [5, 5.41) is 4.14. The molecule has 0 amide bonds. The Bertz CT molecular complexity index is 659. The SMILES string of the molecule is Fc1ccc(C2(c3nc(C4CCCO4)no3)CCOCC2)cc1. The summed E-state index contributed by atoms with van der Waals surface area (Å²) in [5.74, 6) is 0.949. The first-order valence-electron chi connectivity index (χ1n) is 8.07. The molecular weight excluding hydrogens is 299 g/mol. The van der Waals surface area contributed by atoms with E-state index >= 15 is 0 Å². The molecule has 0 saturated carbocycles. The third-order valence-electron chi connectivity index (χ3n) is 4.81. The van der Waals surface area contributed by atoms with Crippen LogP contribution in [0, 0.1) is 5.82 Å². The summed E-state index contributed by atoms with van der Waals surface area (Å²) in [4.78, 5) is 4.63. The lowest BCUT2D eigenvalue weighted by molar-refractivity contribution is 0.0523. The van der Waals surface area contributed by atoms with Gasteiger partial charge in [-0.05, 0) is 43.4 Å². The monoisotopic (exact) mass is 318 g/mol. The summed E-state index contributed by atoms with van der Waals surface area (Å²) in [6.07, 6.45) is 3.35. The fourth-order valence-electron chi connectivity index (χ4n) is 3.46. The number of halogens is 1. The largest absolute Gasteiger partial charge is 0.381 e. The van der Waals surface area contributed by atoms with E-state index in [2.05, 4.69) is 10.1 Å². The molecule has 1 atom stereocenters. The van der Waals surface area contributed by atoms with E-state index in [1.165, 1.54) is 12.1 Å². The highest BCUT2D eigenvalue weighted by molar-refractivity contribution is 5.33. The molecule has 0 radical (unpaired) electrons. The molecular formula is C17H19FN2O3. The number of benzene rings is 1. The maximum Gasteiger partial charge on any atom is 0.237 e. The van der Waals surface area contributed by atoms with Gasteiger partial charge in [-0.3, -0.25) is 0 Å². The molecule has 122 valence electrons. The van der Waals surface area contributed by atoms with Gasteiger partial charge in [0.2, 0.25) is 11.7 Å². The van der Waals surface area contributed by atoms with E-state index in [9.17, 15) is 4.39 Å². The fraction of sp³-hybridized carbons (Fsp3) is 0.529. The summed E-state index contributed by atoms with van der Waals surface area (Å²) in [6.45, 7) is 1.98. The Morgan fingerprint density at radius 2 is 1.87 bits per heavy atom. The van der Waals surface area contributed by atoms with Crippen molar-refractivity contribution >= 4 is 0 Å². The van der Waals surface area contributed by atoms with Crippen molar-refractivity contribution < 1.29 is 18.4 Å². The molecule has 2 aliphatic rings. The Morgan fingerprint density at radius 1 is 1.09 bits per heavy atom. The molecule has 0 aliphatic carbocycles. The van der Waals surface area contributed by atoms with Crippen LogP contribution in [0.25, 0.3) is 0 Å². The predicted molar refractivity (Wildman–Crippen MR) is 79.5 cm³/mol. The molecule has 2 fully saturated rings. The van der Waals surface area contributed by atoms with Crippen molar-refractivity contribution in [1.82, 2.24) is 10.1 Å². The second-order valence-electron chi connectivity index (χ2n) is 6.16. The van der Waals surface area contributed by atoms with Crippen LogP contribution < -0.4 is 0 Å². The second-order valence-corrected chi connectivity index (χ2v) is 6.16. The molecule has 1 unspecified atom stereocenters. The van der Waals surface area contributed by atoms with Crippen LogP contribution in [0.5, 0.6) is 0 Å². The standard InChI is InChI=1S/C17H19FN2O3/c18-13-5-3-12(4-6-13)17(7-10-21-11-8-17)16-19-15(20-23-16)14-2-1-9-22-14/h3-6,14H,1-2,7-11H2. The van der Waals surface area contributed by atoms with Crippen molar-refractivity contribution in [3.63, 3.8) is 0 Å². The summed E-state index contributed by atoms with van der Waals surface area (Å²) in [7, 11) is 0. The number of hydrogen-bond acceptors (Lipinski definition) is 5. The van der Waals surface area contributed by atoms with Crippen LogP contribution in [0.3, 0.4) is 0 Å². The normalized spacial score (nSPS) is 24.0. The van der Waals surface area contributed by atoms with E-state index in [0.29, 0.717) is 24.9 Å². The molecule has 2 saturated heterocycles. The molecule has 23 heavy (non-hydrogen) atoms. The third-order valence-corrected chi connectivity index (χ3v) is 4.81. The zero-order valence-corrected chi connectivity index (χ0v) is 12.8. The van der Waals surface area contributed by atoms with E-state index < -0.39 is 5.41 Å². The van der Waals surface area contributed by atoms with E-state index in [1.54, 1.807) is 12.1 Å². The van der Waals surface area contributed by atoms with E-state index in [0.717, 1.165) is 37.9 Å². The fourth-order valence-corrected chi connectivity index (χ4v) is 3.46. The maximum atomic E-state index is 13.3. The molecule has 5 nitrogen and oxygen atoms in total. The van der Waals surface area contributed by atoms with Gasteiger partial charge in [-0.1, -0.05) is 17.3 Å². The van der Waals surface area contributed by atoms with Gasteiger partial charge in [0, 0.05) is 19.8 Å². The lowest BCUT2D eigenvalue weighted by atomic mass is 9.74. The first-order valence-corrected chi connectivity index (χ1v) is 8.07. The Kier molecular flexibility index (Phi) is 3.87. The molecule has 0 spiro atoms. The van der Waals surface area contributed by atoms with Gasteiger partial charge in [-0.15, -0.1) is 0 Å². The van der Waals surface area contributed by atoms with E-state index in [4.69, 9.17) is 14.0 Å². The summed E-state index contributed by atoms with van der Waals surface area (Å²) in [6, 6.07) is 6.56. The number of ether oxygens (including phenoxy) is 2. The Labute approximate surface area is 133 Å². The van der Waals surface area contributed by atoms with Gasteiger partial charge in [0.1, 0.15) is 11.9 Å². The smallest absolute Gasteiger partial charge is 0.237 e. The molecule has 2 aliphatic heterocycles. The highest BCUT2D eigenvalue weighted by Gasteiger charge is 2.42. The second kappa shape index (κ2) is 6.02. The van der Waals surface area contributed by atoms with Crippen LogP contribution in [0.15, 0.2) is 28.8 Å². The van der Waals surface area contributed by atoms with Gasteiger partial charge in [-0.2, -0.15) is 4.98 Å². The summed E-state index contributed by atoms with van der Waals surface area (Å²) in [5.41, 5.74) is 0.584. The third kappa shape index (κ3) is 2.66. The molecule has 1 aromatic heterocycles. The number of aromatic nitrogens is 2. The summed E-state index contributed by atoms with van der Waals surface area (Å²) < 4.78 is 30.1. The highest BCUT2D eigenvalue weighted by atomic mass is 19.1. The molecule has 0 N–H and O–H groups in total. The van der Waals surface area contributed by atoms with Gasteiger partial charge in [-0.25, -0.2) is 4.39 Å². The lowest BCUT2D eigenvalue weighted by Crippen LogP contribution is -2.35. The van der Waals surface area contributed by atoms with Crippen LogP contribution in [0.1, 0.15) is 49.1 Å². The van der Waals surface area contributed by atoms with Gasteiger partial charge in [0.25, 0.3) is 0 Å². The number of rotatable bonds is 3. The minimum Gasteiger partial charge on any atom is -0.381 e.